The van der Waals surface area contributed by atoms with Crippen LogP contribution in [0.2, 0.25) is 0 Å². The number of benzene rings is 2. The van der Waals surface area contributed by atoms with Gasteiger partial charge < -0.3 is 19.7 Å². The first-order valence-electron chi connectivity index (χ1n) is 12.1. The van der Waals surface area contributed by atoms with Gasteiger partial charge in [-0.1, -0.05) is 30.3 Å². The Morgan fingerprint density at radius 1 is 1.09 bits per heavy atom. The number of amides is 2. The van der Waals surface area contributed by atoms with Crippen molar-refractivity contribution in [3.63, 3.8) is 0 Å². The van der Waals surface area contributed by atoms with Crippen molar-refractivity contribution in [1.82, 2.24) is 10.2 Å². The lowest BCUT2D eigenvalue weighted by Gasteiger charge is -2.39. The van der Waals surface area contributed by atoms with Crippen LogP contribution in [0.15, 0.2) is 54.6 Å². The van der Waals surface area contributed by atoms with Crippen LogP contribution in [0.4, 0.5) is 4.39 Å². The number of nitrogens with one attached hydrogen (secondary N) is 1. The zero-order valence-corrected chi connectivity index (χ0v) is 19.5. The smallest absolute Gasteiger partial charge is 0.226 e. The maximum Gasteiger partial charge on any atom is 0.226 e. The molecule has 1 unspecified atom stereocenters. The zero-order chi connectivity index (χ0) is 23.8. The molecule has 2 aromatic rings. The van der Waals surface area contributed by atoms with Gasteiger partial charge in [0, 0.05) is 38.3 Å². The minimum Gasteiger partial charge on any atom is -0.493 e. The molecule has 1 N–H and O–H groups in total. The molecule has 2 fully saturated rings. The van der Waals surface area contributed by atoms with E-state index in [4.69, 9.17) is 9.47 Å². The number of carbonyl (C=O) groups is 2. The van der Waals surface area contributed by atoms with E-state index in [1.54, 1.807) is 4.90 Å². The van der Waals surface area contributed by atoms with E-state index in [0.717, 1.165) is 37.0 Å². The molecule has 0 aromatic heterocycles. The van der Waals surface area contributed by atoms with Crippen molar-refractivity contribution < 1.29 is 23.5 Å². The maximum absolute atomic E-state index is 13.5. The van der Waals surface area contributed by atoms with Gasteiger partial charge in [0.1, 0.15) is 11.6 Å². The van der Waals surface area contributed by atoms with Gasteiger partial charge in [0.05, 0.1) is 18.9 Å². The third-order valence-electron chi connectivity index (χ3n) is 6.98. The minimum atomic E-state index is -0.267. The lowest BCUT2D eigenvalue weighted by Crippen LogP contribution is -2.49. The van der Waals surface area contributed by atoms with Gasteiger partial charge in [-0.05, 0) is 55.5 Å². The van der Waals surface area contributed by atoms with E-state index in [9.17, 15) is 14.0 Å². The molecule has 2 heterocycles. The van der Waals surface area contributed by atoms with E-state index >= 15 is 0 Å². The van der Waals surface area contributed by atoms with Crippen LogP contribution in [-0.4, -0.2) is 56.2 Å². The standard InChI is InChI=1S/C27H33FN2O4/c28-23-10-8-22(9-11-23)27(13-17-33-18-14-27)20-29-26(32)21-5-4-15-30(19-21)25(31)12-16-34-24-6-2-1-3-7-24/h1-3,6-11,21H,4-5,12-20H2,(H,29,32). The molecule has 0 spiro atoms. The van der Waals surface area contributed by atoms with Gasteiger partial charge in [-0.25, -0.2) is 4.39 Å². The Bertz CT molecular complexity index is 945. The molecule has 34 heavy (non-hydrogen) atoms. The van der Waals surface area contributed by atoms with E-state index in [2.05, 4.69) is 5.32 Å². The second kappa shape index (κ2) is 11.5. The highest BCUT2D eigenvalue weighted by Crippen LogP contribution is 2.34. The first kappa shape index (κ1) is 24.2. The molecule has 7 heteroatoms. The predicted molar refractivity (Wildman–Crippen MR) is 127 cm³/mol. The van der Waals surface area contributed by atoms with E-state index in [1.165, 1.54) is 12.1 Å². The molecule has 2 aliphatic rings. The summed E-state index contributed by atoms with van der Waals surface area (Å²) in [6, 6.07) is 16.0. The second-order valence-corrected chi connectivity index (χ2v) is 9.21. The van der Waals surface area contributed by atoms with Gasteiger partial charge in [-0.2, -0.15) is 0 Å². The van der Waals surface area contributed by atoms with Crippen LogP contribution in [0, 0.1) is 11.7 Å². The van der Waals surface area contributed by atoms with Crippen LogP contribution >= 0.6 is 0 Å². The van der Waals surface area contributed by atoms with Crippen molar-refractivity contribution in [3.8, 4) is 5.75 Å². The average molecular weight is 469 g/mol. The van der Waals surface area contributed by atoms with E-state index in [1.807, 2.05) is 42.5 Å². The van der Waals surface area contributed by atoms with Crippen LogP contribution in [-0.2, 0) is 19.7 Å². The maximum atomic E-state index is 13.5. The number of rotatable bonds is 8. The number of piperidine rings is 1. The number of hydrogen-bond donors (Lipinski definition) is 1. The van der Waals surface area contributed by atoms with Crippen LogP contribution in [0.1, 0.15) is 37.7 Å². The average Bonchev–Trinajstić information content (AvgIpc) is 2.89. The highest BCUT2D eigenvalue weighted by atomic mass is 19.1. The second-order valence-electron chi connectivity index (χ2n) is 9.21. The van der Waals surface area contributed by atoms with Crippen molar-refractivity contribution in [2.45, 2.75) is 37.5 Å². The number of nitrogens with zero attached hydrogens (tertiary/aromatic N) is 1. The first-order valence-corrected chi connectivity index (χ1v) is 12.1. The third-order valence-corrected chi connectivity index (χ3v) is 6.98. The summed E-state index contributed by atoms with van der Waals surface area (Å²) in [5.74, 6) is 0.245. The van der Waals surface area contributed by atoms with Gasteiger partial charge in [0.15, 0.2) is 0 Å². The summed E-state index contributed by atoms with van der Waals surface area (Å²) in [5.41, 5.74) is 0.761. The third kappa shape index (κ3) is 6.14. The van der Waals surface area contributed by atoms with Gasteiger partial charge in [-0.15, -0.1) is 0 Å². The molecule has 0 saturated carbocycles. The fourth-order valence-corrected chi connectivity index (χ4v) is 4.88. The van der Waals surface area contributed by atoms with Gasteiger partial charge >= 0.3 is 0 Å². The number of para-hydroxylation sites is 1. The fourth-order valence-electron chi connectivity index (χ4n) is 4.88. The van der Waals surface area contributed by atoms with Gasteiger partial charge in [0.2, 0.25) is 11.8 Å². The lowest BCUT2D eigenvalue weighted by atomic mass is 9.74. The summed E-state index contributed by atoms with van der Waals surface area (Å²) >= 11 is 0. The largest absolute Gasteiger partial charge is 0.493 e. The molecule has 4 rings (SSSR count). The normalized spacial score (nSPS) is 19.9. The number of ether oxygens (including phenoxy) is 2. The molecular weight excluding hydrogens is 435 g/mol. The lowest BCUT2D eigenvalue weighted by molar-refractivity contribution is -0.136. The molecule has 0 aliphatic carbocycles. The topological polar surface area (TPSA) is 67.9 Å². The highest BCUT2D eigenvalue weighted by molar-refractivity contribution is 5.81. The summed E-state index contributed by atoms with van der Waals surface area (Å²) in [6.45, 7) is 3.14. The molecule has 2 amide bonds. The Labute approximate surface area is 200 Å². The van der Waals surface area contributed by atoms with Crippen LogP contribution < -0.4 is 10.1 Å². The Balaban J connectivity index is 1.29. The summed E-state index contributed by atoms with van der Waals surface area (Å²) in [4.78, 5) is 27.5. The quantitative estimate of drug-likeness (QED) is 0.642. The number of carbonyl (C=O) groups excluding carboxylic acids is 2. The Hall–Kier alpha value is -2.93. The van der Waals surface area contributed by atoms with Crippen LogP contribution in [0.5, 0.6) is 5.75 Å². The summed E-state index contributed by atoms with van der Waals surface area (Å²) in [7, 11) is 0. The molecule has 182 valence electrons. The molecule has 0 bridgehead atoms. The molecular formula is C27H33FN2O4. The Morgan fingerprint density at radius 2 is 1.82 bits per heavy atom. The number of hydrogen-bond acceptors (Lipinski definition) is 4. The van der Waals surface area contributed by atoms with Crippen LogP contribution in [0.25, 0.3) is 0 Å². The number of likely N-dealkylation sites (tertiary alicyclic amines) is 1. The zero-order valence-electron chi connectivity index (χ0n) is 19.5. The highest BCUT2D eigenvalue weighted by Gasteiger charge is 2.36. The molecule has 6 nitrogen and oxygen atoms in total. The molecule has 2 aliphatic heterocycles. The van der Waals surface area contributed by atoms with Gasteiger partial charge in [0.25, 0.3) is 0 Å². The van der Waals surface area contributed by atoms with E-state index < -0.39 is 0 Å². The van der Waals surface area contributed by atoms with Crippen molar-refractivity contribution in [3.05, 3.63) is 66.0 Å². The van der Waals surface area contributed by atoms with Crippen molar-refractivity contribution in [1.29, 1.82) is 0 Å². The first-order chi connectivity index (χ1) is 16.6. The van der Waals surface area contributed by atoms with Crippen molar-refractivity contribution in [2.24, 2.45) is 5.92 Å². The molecule has 0 radical (unpaired) electrons. The SMILES string of the molecule is O=C(NCC1(c2ccc(F)cc2)CCOCC1)C1CCCN(C(=O)CCOc2ccccc2)C1. The van der Waals surface area contributed by atoms with Crippen molar-refractivity contribution >= 4 is 11.8 Å². The summed E-state index contributed by atoms with van der Waals surface area (Å²) < 4.78 is 24.7. The van der Waals surface area contributed by atoms with E-state index in [0.29, 0.717) is 39.5 Å². The number of halogens is 1. The Morgan fingerprint density at radius 3 is 2.56 bits per heavy atom. The van der Waals surface area contributed by atoms with Crippen molar-refractivity contribution in [2.75, 3.05) is 39.5 Å². The van der Waals surface area contributed by atoms with Crippen LogP contribution in [0.3, 0.4) is 0 Å². The minimum absolute atomic E-state index is 0.0145. The summed E-state index contributed by atoms with van der Waals surface area (Å²) in [5, 5.41) is 3.15. The predicted octanol–water partition coefficient (Wildman–Crippen LogP) is 3.70. The molecule has 2 aromatic carbocycles. The Kier molecular flexibility index (Phi) is 8.16. The monoisotopic (exact) mass is 468 g/mol. The van der Waals surface area contributed by atoms with E-state index in [-0.39, 0.29) is 35.4 Å². The van der Waals surface area contributed by atoms with Gasteiger partial charge in [-0.3, -0.25) is 9.59 Å². The molecule has 2 saturated heterocycles. The fraction of sp³-hybridized carbons (Fsp3) is 0.481. The summed E-state index contributed by atoms with van der Waals surface area (Å²) in [6.07, 6.45) is 3.41. The molecule has 1 atom stereocenters.